The van der Waals surface area contributed by atoms with E-state index in [2.05, 4.69) is 24.1 Å². The molecule has 0 aromatic heterocycles. The van der Waals surface area contributed by atoms with Crippen molar-refractivity contribution >= 4 is 34.6 Å². The Morgan fingerprint density at radius 3 is 2.38 bits per heavy atom. The van der Waals surface area contributed by atoms with Crippen LogP contribution in [0.5, 0.6) is 17.2 Å². The topological polar surface area (TPSA) is 44.7 Å². The molecule has 0 fully saturated rings. The van der Waals surface area contributed by atoms with Gasteiger partial charge in [0.15, 0.2) is 11.5 Å². The van der Waals surface area contributed by atoms with Crippen LogP contribution >= 0.6 is 23.2 Å². The maximum Gasteiger partial charge on any atom is 0.172 e. The Morgan fingerprint density at radius 2 is 1.69 bits per heavy atom. The Kier molecular flexibility index (Phi) is 7.13. The summed E-state index contributed by atoms with van der Waals surface area (Å²) in [5.74, 6) is 0.760. The van der Waals surface area contributed by atoms with Crippen LogP contribution in [0, 0.1) is 0 Å². The van der Waals surface area contributed by atoms with E-state index in [4.69, 9.17) is 27.9 Å². The Bertz CT molecular complexity index is 961. The number of phenolic OH excluding ortho intramolecular Hbond substituents is 1. The van der Waals surface area contributed by atoms with Gasteiger partial charge in [-0.1, -0.05) is 59.6 Å². The third-order valence-electron chi connectivity index (χ3n) is 4.64. The Hall–Kier alpha value is -2.56. The largest absolute Gasteiger partial charge is 0.505 e. The minimum Gasteiger partial charge on any atom is -0.505 e. The number of phenols is 1. The van der Waals surface area contributed by atoms with Crippen molar-refractivity contribution in [2.45, 2.75) is 20.4 Å². The molecule has 6 heteroatoms. The average Bonchev–Trinajstić information content (AvgIpc) is 2.75. The minimum atomic E-state index is -0.200. The van der Waals surface area contributed by atoms with Gasteiger partial charge in [-0.15, -0.1) is 0 Å². The molecule has 0 unspecified atom stereocenters. The highest BCUT2D eigenvalue weighted by atomic mass is 35.5. The number of anilines is 2. The van der Waals surface area contributed by atoms with E-state index >= 15 is 0 Å². The number of ether oxygens (including phenoxy) is 1. The third kappa shape index (κ3) is 5.08. The number of hydrogen-bond donors (Lipinski definition) is 2. The lowest BCUT2D eigenvalue weighted by atomic mass is 10.2. The lowest BCUT2D eigenvalue weighted by molar-refractivity contribution is 0.457. The molecule has 0 amide bonds. The standard InChI is InChI=1S/C23H24Cl2N2O2/c1-3-27(4-2)17-11-8-12-18(13-17)29-23-20(14-19(24)22(28)21(23)25)26-15-16-9-6-5-7-10-16/h5-14,26,28H,3-4,15H2,1-2H3. The second-order valence-corrected chi connectivity index (χ2v) is 7.29. The summed E-state index contributed by atoms with van der Waals surface area (Å²) in [5.41, 5.74) is 2.76. The van der Waals surface area contributed by atoms with Gasteiger partial charge in [0, 0.05) is 31.4 Å². The van der Waals surface area contributed by atoms with Gasteiger partial charge in [0.1, 0.15) is 10.8 Å². The number of hydrogen-bond acceptors (Lipinski definition) is 4. The van der Waals surface area contributed by atoms with Gasteiger partial charge in [0.25, 0.3) is 0 Å². The summed E-state index contributed by atoms with van der Waals surface area (Å²) in [4.78, 5) is 2.22. The molecule has 0 saturated heterocycles. The zero-order valence-corrected chi connectivity index (χ0v) is 18.0. The van der Waals surface area contributed by atoms with Crippen LogP contribution < -0.4 is 15.0 Å². The lowest BCUT2D eigenvalue weighted by Crippen LogP contribution is -2.21. The number of benzene rings is 3. The van der Waals surface area contributed by atoms with E-state index in [1.54, 1.807) is 6.07 Å². The summed E-state index contributed by atoms with van der Waals surface area (Å²) in [5, 5.41) is 13.7. The van der Waals surface area contributed by atoms with Crippen molar-refractivity contribution in [1.29, 1.82) is 0 Å². The predicted octanol–water partition coefficient (Wildman–Crippen LogP) is 6.95. The molecule has 0 aliphatic rings. The molecule has 0 bridgehead atoms. The van der Waals surface area contributed by atoms with Crippen LogP contribution in [0.15, 0.2) is 60.7 Å². The second kappa shape index (κ2) is 9.77. The lowest BCUT2D eigenvalue weighted by Gasteiger charge is -2.22. The molecule has 3 aromatic rings. The molecular weight excluding hydrogens is 407 g/mol. The molecular formula is C23H24Cl2N2O2. The first-order valence-corrected chi connectivity index (χ1v) is 10.3. The molecule has 3 rings (SSSR count). The number of nitrogens with one attached hydrogen (secondary N) is 1. The molecule has 4 nitrogen and oxygen atoms in total. The smallest absolute Gasteiger partial charge is 0.172 e. The van der Waals surface area contributed by atoms with Crippen molar-refractivity contribution in [2.24, 2.45) is 0 Å². The van der Waals surface area contributed by atoms with Gasteiger partial charge in [-0.2, -0.15) is 0 Å². The van der Waals surface area contributed by atoms with Crippen LogP contribution in [-0.2, 0) is 6.54 Å². The van der Waals surface area contributed by atoms with Gasteiger partial charge in [-0.25, -0.2) is 0 Å². The van der Waals surface area contributed by atoms with Crippen molar-refractivity contribution in [1.82, 2.24) is 0 Å². The maximum absolute atomic E-state index is 10.2. The second-order valence-electron chi connectivity index (χ2n) is 6.51. The van der Waals surface area contributed by atoms with E-state index in [1.165, 1.54) is 0 Å². The fourth-order valence-corrected chi connectivity index (χ4v) is 3.56. The molecule has 0 saturated carbocycles. The van der Waals surface area contributed by atoms with E-state index in [0.717, 1.165) is 24.3 Å². The highest BCUT2D eigenvalue weighted by Gasteiger charge is 2.18. The maximum atomic E-state index is 10.2. The van der Waals surface area contributed by atoms with Crippen LogP contribution in [-0.4, -0.2) is 18.2 Å². The van der Waals surface area contributed by atoms with Crippen molar-refractivity contribution in [3.05, 3.63) is 76.3 Å². The SMILES string of the molecule is CCN(CC)c1cccc(Oc2c(NCc3ccccc3)cc(Cl)c(O)c2Cl)c1. The van der Waals surface area contributed by atoms with Crippen LogP contribution in [0.4, 0.5) is 11.4 Å². The van der Waals surface area contributed by atoms with Crippen molar-refractivity contribution in [3.63, 3.8) is 0 Å². The zero-order valence-electron chi connectivity index (χ0n) is 16.5. The molecule has 29 heavy (non-hydrogen) atoms. The third-order valence-corrected chi connectivity index (χ3v) is 5.28. The molecule has 0 radical (unpaired) electrons. The highest BCUT2D eigenvalue weighted by molar-refractivity contribution is 6.38. The van der Waals surface area contributed by atoms with Gasteiger partial charge >= 0.3 is 0 Å². The fraction of sp³-hybridized carbons (Fsp3) is 0.217. The molecule has 152 valence electrons. The Morgan fingerprint density at radius 1 is 0.966 bits per heavy atom. The summed E-state index contributed by atoms with van der Waals surface area (Å²) in [6, 6.07) is 19.4. The molecule has 2 N–H and O–H groups in total. The molecule has 0 aliphatic carbocycles. The van der Waals surface area contributed by atoms with Crippen LogP contribution in [0.1, 0.15) is 19.4 Å². The van der Waals surface area contributed by atoms with E-state index in [0.29, 0.717) is 23.7 Å². The number of halogens is 2. The van der Waals surface area contributed by atoms with Gasteiger partial charge in [-0.05, 0) is 37.6 Å². The summed E-state index contributed by atoms with van der Waals surface area (Å²) in [6.07, 6.45) is 0. The Balaban J connectivity index is 1.91. The van der Waals surface area contributed by atoms with Crippen LogP contribution in [0.25, 0.3) is 0 Å². The van der Waals surface area contributed by atoms with Gasteiger partial charge in [0.05, 0.1) is 10.7 Å². The first-order chi connectivity index (χ1) is 14.0. The highest BCUT2D eigenvalue weighted by Crippen LogP contribution is 2.46. The first kappa shape index (κ1) is 21.2. The Labute approximate surface area is 181 Å². The summed E-state index contributed by atoms with van der Waals surface area (Å²) >= 11 is 12.5. The number of nitrogens with zero attached hydrogens (tertiary/aromatic N) is 1. The van der Waals surface area contributed by atoms with Gasteiger partial charge < -0.3 is 20.1 Å². The molecule has 0 heterocycles. The number of rotatable bonds is 8. The number of aromatic hydroxyl groups is 1. The zero-order chi connectivity index (χ0) is 20.8. The quantitative estimate of drug-likeness (QED) is 0.379. The van der Waals surface area contributed by atoms with E-state index in [1.807, 2.05) is 54.6 Å². The molecule has 3 aromatic carbocycles. The first-order valence-electron chi connectivity index (χ1n) is 9.55. The van der Waals surface area contributed by atoms with Crippen molar-refractivity contribution in [2.75, 3.05) is 23.3 Å². The van der Waals surface area contributed by atoms with Crippen LogP contribution in [0.2, 0.25) is 10.0 Å². The average molecular weight is 431 g/mol. The monoisotopic (exact) mass is 430 g/mol. The summed E-state index contributed by atoms with van der Waals surface area (Å²) < 4.78 is 6.10. The molecule has 0 aliphatic heterocycles. The van der Waals surface area contributed by atoms with E-state index in [-0.39, 0.29) is 15.8 Å². The van der Waals surface area contributed by atoms with E-state index in [9.17, 15) is 5.11 Å². The van der Waals surface area contributed by atoms with Crippen LogP contribution in [0.3, 0.4) is 0 Å². The predicted molar refractivity (Wildman–Crippen MR) is 122 cm³/mol. The fourth-order valence-electron chi connectivity index (χ4n) is 3.07. The molecule has 0 spiro atoms. The summed E-state index contributed by atoms with van der Waals surface area (Å²) in [6.45, 7) is 6.57. The van der Waals surface area contributed by atoms with Gasteiger partial charge in [0.2, 0.25) is 0 Å². The van der Waals surface area contributed by atoms with Crippen molar-refractivity contribution < 1.29 is 9.84 Å². The molecule has 0 atom stereocenters. The minimum absolute atomic E-state index is 0.0707. The van der Waals surface area contributed by atoms with Crippen molar-refractivity contribution in [3.8, 4) is 17.2 Å². The summed E-state index contributed by atoms with van der Waals surface area (Å²) in [7, 11) is 0. The van der Waals surface area contributed by atoms with E-state index < -0.39 is 0 Å². The normalized spacial score (nSPS) is 10.6. The van der Waals surface area contributed by atoms with Gasteiger partial charge in [-0.3, -0.25) is 0 Å².